The fourth-order valence-electron chi connectivity index (χ4n) is 2.22. The number of carbonyl (C=O) groups is 1. The quantitative estimate of drug-likeness (QED) is 0.801. The van der Waals surface area contributed by atoms with E-state index >= 15 is 0 Å². The zero-order valence-corrected chi connectivity index (χ0v) is 12.1. The zero-order chi connectivity index (χ0) is 14.8. The Morgan fingerprint density at radius 2 is 1.76 bits per heavy atom. The minimum absolute atomic E-state index is 0.0803. The van der Waals surface area contributed by atoms with Crippen LogP contribution in [0.3, 0.4) is 0 Å². The molecule has 0 aliphatic heterocycles. The molecule has 0 bridgehead atoms. The van der Waals surface area contributed by atoms with Gasteiger partial charge in [-0.15, -0.1) is 0 Å². The predicted octanol–water partition coefficient (Wildman–Crippen LogP) is 2.88. The highest BCUT2D eigenvalue weighted by molar-refractivity contribution is 5.94. The van der Waals surface area contributed by atoms with E-state index in [-0.39, 0.29) is 5.91 Å². The van der Waals surface area contributed by atoms with Gasteiger partial charge in [0.1, 0.15) is 5.65 Å². The number of pyridine rings is 1. The number of aromatic nitrogens is 2. The summed E-state index contributed by atoms with van der Waals surface area (Å²) in [6.07, 6.45) is 3.96. The third-order valence-electron chi connectivity index (χ3n) is 3.39. The second kappa shape index (κ2) is 5.40. The average molecular weight is 279 g/mol. The van der Waals surface area contributed by atoms with Crippen LogP contribution in [-0.2, 0) is 6.54 Å². The van der Waals surface area contributed by atoms with Crippen LogP contribution in [-0.4, -0.2) is 15.3 Å². The third-order valence-corrected chi connectivity index (χ3v) is 3.39. The molecule has 2 aromatic heterocycles. The van der Waals surface area contributed by atoms with Crippen molar-refractivity contribution in [2.75, 3.05) is 0 Å². The van der Waals surface area contributed by atoms with Gasteiger partial charge in [0.25, 0.3) is 5.91 Å². The molecule has 0 unspecified atom stereocenters. The van der Waals surface area contributed by atoms with Gasteiger partial charge in [-0.1, -0.05) is 23.8 Å². The second-order valence-corrected chi connectivity index (χ2v) is 5.25. The molecule has 0 aliphatic rings. The molecule has 106 valence electrons. The van der Waals surface area contributed by atoms with Gasteiger partial charge >= 0.3 is 0 Å². The third kappa shape index (κ3) is 2.94. The highest BCUT2D eigenvalue weighted by Gasteiger charge is 2.06. The van der Waals surface area contributed by atoms with E-state index in [2.05, 4.69) is 10.3 Å². The van der Waals surface area contributed by atoms with Gasteiger partial charge in [-0.3, -0.25) is 4.79 Å². The summed E-state index contributed by atoms with van der Waals surface area (Å²) in [5, 5.41) is 2.90. The molecular weight excluding hydrogens is 262 g/mol. The Bertz CT molecular complexity index is 787. The Hall–Kier alpha value is -2.62. The molecule has 0 saturated heterocycles. The molecule has 3 aromatic rings. The van der Waals surface area contributed by atoms with Crippen molar-refractivity contribution in [1.29, 1.82) is 0 Å². The van der Waals surface area contributed by atoms with Crippen molar-refractivity contribution in [2.24, 2.45) is 0 Å². The summed E-state index contributed by atoms with van der Waals surface area (Å²) in [4.78, 5) is 16.5. The molecule has 0 radical (unpaired) electrons. The number of rotatable bonds is 3. The summed E-state index contributed by atoms with van der Waals surface area (Å²) in [6, 6.07) is 11.5. The molecule has 21 heavy (non-hydrogen) atoms. The molecule has 0 saturated carbocycles. The monoisotopic (exact) mass is 279 g/mol. The Labute approximate surface area is 123 Å². The molecule has 3 rings (SSSR count). The molecular formula is C17H17N3O. The molecule has 4 nitrogen and oxygen atoms in total. The van der Waals surface area contributed by atoms with E-state index in [4.69, 9.17) is 0 Å². The normalized spacial score (nSPS) is 10.8. The van der Waals surface area contributed by atoms with Gasteiger partial charge in [-0.2, -0.15) is 0 Å². The fraction of sp³-hybridized carbons (Fsp3) is 0.176. The summed E-state index contributed by atoms with van der Waals surface area (Å²) >= 11 is 0. The molecule has 1 amide bonds. The molecule has 1 N–H and O–H groups in total. The van der Waals surface area contributed by atoms with E-state index < -0.39 is 0 Å². The van der Waals surface area contributed by atoms with Crippen molar-refractivity contribution < 1.29 is 4.79 Å². The van der Waals surface area contributed by atoms with Gasteiger partial charge in [0.05, 0.1) is 12.2 Å². The van der Waals surface area contributed by atoms with Crippen molar-refractivity contribution in [3.05, 3.63) is 71.2 Å². The summed E-state index contributed by atoms with van der Waals surface area (Å²) in [5.74, 6) is -0.0803. The molecule has 0 fully saturated rings. The summed E-state index contributed by atoms with van der Waals surface area (Å²) in [6.45, 7) is 4.46. The first-order valence-corrected chi connectivity index (χ1v) is 6.91. The molecule has 0 spiro atoms. The lowest BCUT2D eigenvalue weighted by atomic mass is 10.1. The van der Waals surface area contributed by atoms with E-state index in [0.717, 1.165) is 16.9 Å². The van der Waals surface area contributed by atoms with Crippen molar-refractivity contribution in [2.45, 2.75) is 20.4 Å². The number of fused-ring (bicyclic) bond motifs is 1. The second-order valence-electron chi connectivity index (χ2n) is 5.25. The van der Waals surface area contributed by atoms with Crippen LogP contribution < -0.4 is 5.32 Å². The van der Waals surface area contributed by atoms with Crippen LogP contribution in [0, 0.1) is 13.8 Å². The van der Waals surface area contributed by atoms with Crippen LogP contribution in [0.15, 0.2) is 48.8 Å². The number of hydrogen-bond acceptors (Lipinski definition) is 2. The SMILES string of the molecule is Cc1ccc(C(=O)NCc2cn3cc(C)ccc3n2)cc1. The first-order valence-electron chi connectivity index (χ1n) is 6.91. The number of nitrogens with one attached hydrogen (secondary N) is 1. The lowest BCUT2D eigenvalue weighted by Crippen LogP contribution is -2.22. The van der Waals surface area contributed by atoms with E-state index in [1.165, 1.54) is 5.56 Å². The Kier molecular flexibility index (Phi) is 3.44. The highest BCUT2D eigenvalue weighted by atomic mass is 16.1. The van der Waals surface area contributed by atoms with E-state index in [0.29, 0.717) is 12.1 Å². The van der Waals surface area contributed by atoms with Gasteiger partial charge in [0.15, 0.2) is 0 Å². The lowest BCUT2D eigenvalue weighted by molar-refractivity contribution is 0.0950. The standard InChI is InChI=1S/C17H17N3O/c1-12-3-6-14(7-4-12)17(21)18-9-15-11-20-10-13(2)5-8-16(20)19-15/h3-8,10-11H,9H2,1-2H3,(H,18,21). The van der Waals surface area contributed by atoms with E-state index in [1.807, 2.05) is 67.0 Å². The van der Waals surface area contributed by atoms with Crippen LogP contribution in [0.5, 0.6) is 0 Å². The average Bonchev–Trinajstić information content (AvgIpc) is 2.87. The number of hydrogen-bond donors (Lipinski definition) is 1. The van der Waals surface area contributed by atoms with Crippen molar-refractivity contribution in [3.63, 3.8) is 0 Å². The van der Waals surface area contributed by atoms with Crippen LogP contribution in [0.4, 0.5) is 0 Å². The first-order chi connectivity index (χ1) is 10.1. The maximum absolute atomic E-state index is 12.1. The maximum Gasteiger partial charge on any atom is 0.251 e. The Morgan fingerprint density at radius 1 is 1.05 bits per heavy atom. The largest absolute Gasteiger partial charge is 0.346 e. The minimum Gasteiger partial charge on any atom is -0.346 e. The van der Waals surface area contributed by atoms with Crippen molar-refractivity contribution in [3.8, 4) is 0 Å². The van der Waals surface area contributed by atoms with Crippen LogP contribution in [0.25, 0.3) is 5.65 Å². The summed E-state index contributed by atoms with van der Waals surface area (Å²) < 4.78 is 1.97. The van der Waals surface area contributed by atoms with E-state index in [1.54, 1.807) is 0 Å². The molecule has 2 heterocycles. The summed E-state index contributed by atoms with van der Waals surface area (Å²) in [5.41, 5.74) is 4.72. The molecule has 0 aliphatic carbocycles. The van der Waals surface area contributed by atoms with Gasteiger partial charge in [-0.05, 0) is 37.6 Å². The fourth-order valence-corrected chi connectivity index (χ4v) is 2.22. The van der Waals surface area contributed by atoms with Gasteiger partial charge in [0, 0.05) is 18.0 Å². The lowest BCUT2D eigenvalue weighted by Gasteiger charge is -2.03. The zero-order valence-electron chi connectivity index (χ0n) is 12.1. The van der Waals surface area contributed by atoms with Crippen LogP contribution >= 0.6 is 0 Å². The van der Waals surface area contributed by atoms with Gasteiger partial charge < -0.3 is 9.72 Å². The predicted molar refractivity (Wildman–Crippen MR) is 82.3 cm³/mol. The highest BCUT2D eigenvalue weighted by Crippen LogP contribution is 2.08. The van der Waals surface area contributed by atoms with Crippen molar-refractivity contribution >= 4 is 11.6 Å². The smallest absolute Gasteiger partial charge is 0.251 e. The Balaban J connectivity index is 1.71. The molecule has 1 aromatic carbocycles. The number of carbonyl (C=O) groups excluding carboxylic acids is 1. The maximum atomic E-state index is 12.1. The van der Waals surface area contributed by atoms with E-state index in [9.17, 15) is 4.79 Å². The minimum atomic E-state index is -0.0803. The number of nitrogens with zero attached hydrogens (tertiary/aromatic N) is 2. The van der Waals surface area contributed by atoms with Crippen molar-refractivity contribution in [1.82, 2.24) is 14.7 Å². The molecule has 4 heteroatoms. The van der Waals surface area contributed by atoms with Crippen LogP contribution in [0.2, 0.25) is 0 Å². The Morgan fingerprint density at radius 3 is 2.52 bits per heavy atom. The number of amides is 1. The van der Waals surface area contributed by atoms with Gasteiger partial charge in [0.2, 0.25) is 0 Å². The first kappa shape index (κ1) is 13.4. The molecule has 0 atom stereocenters. The topological polar surface area (TPSA) is 46.4 Å². The number of aryl methyl sites for hydroxylation is 2. The summed E-state index contributed by atoms with van der Waals surface area (Å²) in [7, 11) is 0. The van der Waals surface area contributed by atoms with Gasteiger partial charge in [-0.25, -0.2) is 4.98 Å². The number of benzene rings is 1. The van der Waals surface area contributed by atoms with Crippen LogP contribution in [0.1, 0.15) is 27.2 Å². The number of imidazole rings is 1.